The molecule has 25 heavy (non-hydrogen) atoms. The van der Waals surface area contributed by atoms with E-state index in [0.717, 1.165) is 37.9 Å². The van der Waals surface area contributed by atoms with E-state index in [4.69, 9.17) is 4.52 Å². The Kier molecular flexibility index (Phi) is 4.29. The van der Waals surface area contributed by atoms with Gasteiger partial charge in [0.05, 0.1) is 0 Å². The maximum absolute atomic E-state index is 12.5. The van der Waals surface area contributed by atoms with Crippen molar-refractivity contribution in [2.75, 3.05) is 13.1 Å². The lowest BCUT2D eigenvalue weighted by atomic mass is 9.91. The number of nitrogens with zero attached hydrogens (tertiary/aromatic N) is 2. The number of benzene rings is 1. The molecule has 1 saturated carbocycles. The third-order valence-corrected chi connectivity index (χ3v) is 5.52. The van der Waals surface area contributed by atoms with Gasteiger partial charge in [-0.2, -0.15) is 4.98 Å². The van der Waals surface area contributed by atoms with Gasteiger partial charge in [0.15, 0.2) is 5.82 Å². The number of aromatic nitrogens is 2. The van der Waals surface area contributed by atoms with Crippen LogP contribution in [0.25, 0.3) is 0 Å². The van der Waals surface area contributed by atoms with Gasteiger partial charge in [-0.05, 0) is 50.3 Å². The van der Waals surface area contributed by atoms with Gasteiger partial charge in [-0.3, -0.25) is 4.79 Å². The van der Waals surface area contributed by atoms with Crippen molar-refractivity contribution in [3.63, 3.8) is 0 Å². The minimum Gasteiger partial charge on any atom is -0.344 e. The molecule has 2 fully saturated rings. The summed E-state index contributed by atoms with van der Waals surface area (Å²) in [5, 5.41) is 10.5. The Morgan fingerprint density at radius 1 is 1.36 bits per heavy atom. The number of rotatable bonds is 5. The molecule has 4 rings (SSSR count). The fourth-order valence-corrected chi connectivity index (χ4v) is 3.86. The largest absolute Gasteiger partial charge is 0.344 e. The maximum atomic E-state index is 12.5. The number of carbonyl (C=O) groups is 1. The standard InChI is InChI=1S/C19H24N4O2/c1-13(21-17(24)15-12-19(15)7-9-20-10-8-19)18-22-16(23-25-18)11-14-5-3-2-4-6-14/h2-6,13,15,20H,7-12H2,1H3,(H,21,24). The highest BCUT2D eigenvalue weighted by Crippen LogP contribution is 2.58. The number of piperidine rings is 1. The Labute approximate surface area is 147 Å². The van der Waals surface area contributed by atoms with Crippen LogP contribution >= 0.6 is 0 Å². The molecule has 2 atom stereocenters. The Morgan fingerprint density at radius 2 is 2.12 bits per heavy atom. The summed E-state index contributed by atoms with van der Waals surface area (Å²) in [5.74, 6) is 1.38. The predicted molar refractivity (Wildman–Crippen MR) is 92.7 cm³/mol. The maximum Gasteiger partial charge on any atom is 0.248 e. The van der Waals surface area contributed by atoms with E-state index >= 15 is 0 Å². The highest BCUT2D eigenvalue weighted by molar-refractivity contribution is 5.82. The average molecular weight is 340 g/mol. The number of amides is 1. The lowest BCUT2D eigenvalue weighted by Gasteiger charge is -2.23. The van der Waals surface area contributed by atoms with Gasteiger partial charge in [-0.1, -0.05) is 35.5 Å². The topological polar surface area (TPSA) is 80.0 Å². The molecule has 1 aliphatic heterocycles. The van der Waals surface area contributed by atoms with Crippen LogP contribution in [0.15, 0.2) is 34.9 Å². The van der Waals surface area contributed by atoms with Gasteiger partial charge in [-0.15, -0.1) is 0 Å². The normalized spacial score (nSPS) is 22.5. The van der Waals surface area contributed by atoms with Crippen molar-refractivity contribution < 1.29 is 9.32 Å². The molecule has 0 bridgehead atoms. The van der Waals surface area contributed by atoms with Gasteiger partial charge in [0.25, 0.3) is 0 Å². The fourth-order valence-electron chi connectivity index (χ4n) is 3.86. The highest BCUT2D eigenvalue weighted by Gasteiger charge is 2.57. The van der Waals surface area contributed by atoms with Gasteiger partial charge < -0.3 is 15.2 Å². The Hall–Kier alpha value is -2.21. The molecule has 2 unspecified atom stereocenters. The smallest absolute Gasteiger partial charge is 0.248 e. The first-order chi connectivity index (χ1) is 12.2. The van der Waals surface area contributed by atoms with Crippen LogP contribution in [0.1, 0.15) is 49.5 Å². The molecule has 0 radical (unpaired) electrons. The van der Waals surface area contributed by atoms with Gasteiger partial charge >= 0.3 is 0 Å². The summed E-state index contributed by atoms with van der Waals surface area (Å²) in [6, 6.07) is 9.77. The summed E-state index contributed by atoms with van der Waals surface area (Å²) in [6.45, 7) is 3.94. The Morgan fingerprint density at radius 3 is 2.88 bits per heavy atom. The number of hydrogen-bond acceptors (Lipinski definition) is 5. The summed E-state index contributed by atoms with van der Waals surface area (Å²) in [4.78, 5) is 17.0. The van der Waals surface area contributed by atoms with Crippen molar-refractivity contribution in [2.45, 2.75) is 38.6 Å². The van der Waals surface area contributed by atoms with Gasteiger partial charge in [0, 0.05) is 12.3 Å². The van der Waals surface area contributed by atoms with Gasteiger partial charge in [0.1, 0.15) is 6.04 Å². The second kappa shape index (κ2) is 6.59. The van der Waals surface area contributed by atoms with E-state index in [-0.39, 0.29) is 23.3 Å². The van der Waals surface area contributed by atoms with Crippen LogP contribution in [0.5, 0.6) is 0 Å². The second-order valence-corrected chi connectivity index (χ2v) is 7.31. The van der Waals surface area contributed by atoms with Crippen molar-refractivity contribution in [1.29, 1.82) is 0 Å². The first kappa shape index (κ1) is 16.3. The number of nitrogens with one attached hydrogen (secondary N) is 2. The van der Waals surface area contributed by atoms with E-state index in [1.165, 1.54) is 0 Å². The van der Waals surface area contributed by atoms with Crippen molar-refractivity contribution in [1.82, 2.24) is 20.8 Å². The average Bonchev–Trinajstić information content (AvgIpc) is 3.11. The first-order valence-corrected chi connectivity index (χ1v) is 9.04. The van der Waals surface area contributed by atoms with E-state index < -0.39 is 0 Å². The summed E-state index contributed by atoms with van der Waals surface area (Å²) in [6.07, 6.45) is 3.84. The summed E-state index contributed by atoms with van der Waals surface area (Å²) < 4.78 is 5.35. The summed E-state index contributed by atoms with van der Waals surface area (Å²) >= 11 is 0. The second-order valence-electron chi connectivity index (χ2n) is 7.31. The van der Waals surface area contributed by atoms with Crippen LogP contribution in [0.2, 0.25) is 0 Å². The van der Waals surface area contributed by atoms with Crippen molar-refractivity contribution in [3.8, 4) is 0 Å². The fraction of sp³-hybridized carbons (Fsp3) is 0.526. The molecular weight excluding hydrogens is 316 g/mol. The number of hydrogen-bond donors (Lipinski definition) is 2. The van der Waals surface area contributed by atoms with E-state index in [1.807, 2.05) is 37.3 Å². The molecular formula is C19H24N4O2. The first-order valence-electron chi connectivity index (χ1n) is 9.04. The van der Waals surface area contributed by atoms with Crippen molar-refractivity contribution >= 4 is 5.91 Å². The molecule has 132 valence electrons. The molecule has 1 aliphatic carbocycles. The molecule has 2 N–H and O–H groups in total. The lowest BCUT2D eigenvalue weighted by molar-refractivity contribution is -0.124. The summed E-state index contributed by atoms with van der Waals surface area (Å²) in [5.41, 5.74) is 1.37. The van der Waals surface area contributed by atoms with Crippen LogP contribution in [-0.2, 0) is 11.2 Å². The minimum absolute atomic E-state index is 0.122. The minimum atomic E-state index is -0.260. The van der Waals surface area contributed by atoms with Crippen LogP contribution in [-0.4, -0.2) is 29.1 Å². The van der Waals surface area contributed by atoms with Crippen molar-refractivity contribution in [3.05, 3.63) is 47.6 Å². The zero-order valence-electron chi connectivity index (χ0n) is 14.5. The Balaban J connectivity index is 1.34. The highest BCUT2D eigenvalue weighted by atomic mass is 16.5. The third-order valence-electron chi connectivity index (χ3n) is 5.52. The molecule has 1 amide bonds. The van der Waals surface area contributed by atoms with Crippen LogP contribution in [0.4, 0.5) is 0 Å². The predicted octanol–water partition coefficient (Wildman–Crippen LogP) is 2.23. The van der Waals surface area contributed by atoms with Gasteiger partial charge in [0.2, 0.25) is 11.8 Å². The van der Waals surface area contributed by atoms with Crippen LogP contribution in [0, 0.1) is 11.3 Å². The summed E-state index contributed by atoms with van der Waals surface area (Å²) in [7, 11) is 0. The molecule has 1 aromatic carbocycles. The molecule has 6 nitrogen and oxygen atoms in total. The zero-order valence-corrected chi connectivity index (χ0v) is 14.5. The quantitative estimate of drug-likeness (QED) is 0.872. The number of carbonyl (C=O) groups excluding carboxylic acids is 1. The molecule has 1 saturated heterocycles. The van der Waals surface area contributed by atoms with Crippen LogP contribution < -0.4 is 10.6 Å². The lowest BCUT2D eigenvalue weighted by Crippen LogP contribution is -2.34. The van der Waals surface area contributed by atoms with E-state index in [1.54, 1.807) is 0 Å². The monoisotopic (exact) mass is 340 g/mol. The third kappa shape index (κ3) is 3.44. The van der Waals surface area contributed by atoms with E-state index in [9.17, 15) is 4.79 Å². The van der Waals surface area contributed by atoms with Crippen LogP contribution in [0.3, 0.4) is 0 Å². The molecule has 1 aromatic heterocycles. The van der Waals surface area contributed by atoms with E-state index in [0.29, 0.717) is 18.1 Å². The molecule has 2 heterocycles. The molecule has 2 aliphatic rings. The van der Waals surface area contributed by atoms with Gasteiger partial charge in [-0.25, -0.2) is 0 Å². The van der Waals surface area contributed by atoms with E-state index in [2.05, 4.69) is 20.8 Å². The SMILES string of the molecule is CC(NC(=O)C1CC12CCNCC2)c1nc(Cc2ccccc2)no1. The van der Waals surface area contributed by atoms with Crippen molar-refractivity contribution in [2.24, 2.45) is 11.3 Å². The molecule has 6 heteroatoms. The Bertz CT molecular complexity index is 737. The molecule has 1 spiro atoms. The molecule has 2 aromatic rings. The zero-order chi connectivity index (χ0) is 17.3.